The zero-order valence-electron chi connectivity index (χ0n) is 9.42. The second-order valence-corrected chi connectivity index (χ2v) is 3.65. The summed E-state index contributed by atoms with van der Waals surface area (Å²) >= 11 is 0. The molecule has 0 bridgehead atoms. The Bertz CT molecular complexity index is 554. The number of hydrogen-bond acceptors (Lipinski definition) is 4. The molecule has 2 rings (SSSR count). The average molecular weight is 232 g/mol. The van der Waals surface area contributed by atoms with E-state index in [1.165, 1.54) is 6.07 Å². The van der Waals surface area contributed by atoms with Gasteiger partial charge in [-0.2, -0.15) is 0 Å². The largest absolute Gasteiger partial charge is 0.384 e. The molecule has 0 unspecified atom stereocenters. The monoisotopic (exact) mass is 232 g/mol. The van der Waals surface area contributed by atoms with Crippen LogP contribution in [-0.2, 0) is 11.2 Å². The van der Waals surface area contributed by atoms with E-state index in [1.807, 2.05) is 6.07 Å². The summed E-state index contributed by atoms with van der Waals surface area (Å²) < 4.78 is 4.95. The number of nitro groups is 1. The number of nitrogens with zero attached hydrogens (tertiary/aromatic N) is 2. The van der Waals surface area contributed by atoms with Crippen LogP contribution in [0.5, 0.6) is 0 Å². The molecule has 1 aromatic heterocycles. The van der Waals surface area contributed by atoms with E-state index in [4.69, 9.17) is 4.74 Å². The summed E-state index contributed by atoms with van der Waals surface area (Å²) in [6.07, 6.45) is 0.572. The van der Waals surface area contributed by atoms with Gasteiger partial charge in [0, 0.05) is 19.6 Å². The number of benzene rings is 1. The first-order valence-corrected chi connectivity index (χ1v) is 5.24. The molecule has 0 amide bonds. The highest BCUT2D eigenvalue weighted by Gasteiger charge is 2.14. The second kappa shape index (κ2) is 4.88. The van der Waals surface area contributed by atoms with E-state index >= 15 is 0 Å². The SMILES string of the molecule is COCCc1cc([N+](=O)[O-])c2ccccc2n1. The molecule has 2 aromatic rings. The number of aromatic nitrogens is 1. The Morgan fingerprint density at radius 2 is 2.18 bits per heavy atom. The quantitative estimate of drug-likeness (QED) is 0.599. The molecule has 0 N–H and O–H groups in total. The number of fused-ring (bicyclic) bond motifs is 1. The molecule has 0 saturated carbocycles. The Balaban J connectivity index is 2.55. The van der Waals surface area contributed by atoms with Gasteiger partial charge in [-0.1, -0.05) is 12.1 Å². The minimum atomic E-state index is -0.375. The van der Waals surface area contributed by atoms with Crippen LogP contribution >= 0.6 is 0 Å². The Kier molecular flexibility index (Phi) is 3.30. The van der Waals surface area contributed by atoms with Crippen molar-refractivity contribution in [2.75, 3.05) is 13.7 Å². The first-order valence-electron chi connectivity index (χ1n) is 5.24. The molecule has 5 heteroatoms. The molecule has 5 nitrogen and oxygen atoms in total. The first-order chi connectivity index (χ1) is 8.22. The number of hydrogen-bond donors (Lipinski definition) is 0. The van der Waals surface area contributed by atoms with Gasteiger partial charge in [0.1, 0.15) is 0 Å². The fourth-order valence-electron chi connectivity index (χ4n) is 1.70. The Labute approximate surface area is 98.2 Å². The van der Waals surface area contributed by atoms with Gasteiger partial charge in [-0.25, -0.2) is 0 Å². The third-order valence-corrected chi connectivity index (χ3v) is 2.51. The minimum absolute atomic E-state index is 0.0988. The minimum Gasteiger partial charge on any atom is -0.384 e. The van der Waals surface area contributed by atoms with Crippen molar-refractivity contribution in [3.8, 4) is 0 Å². The fourth-order valence-corrected chi connectivity index (χ4v) is 1.70. The Hall–Kier alpha value is -2.01. The predicted octanol–water partition coefficient (Wildman–Crippen LogP) is 2.33. The van der Waals surface area contributed by atoms with E-state index in [0.29, 0.717) is 29.6 Å². The van der Waals surface area contributed by atoms with E-state index in [9.17, 15) is 10.1 Å². The van der Waals surface area contributed by atoms with Crippen LogP contribution in [0.1, 0.15) is 5.69 Å². The van der Waals surface area contributed by atoms with Gasteiger partial charge in [0.25, 0.3) is 5.69 Å². The first kappa shape index (κ1) is 11.5. The van der Waals surface area contributed by atoms with Crippen LogP contribution in [0.4, 0.5) is 5.69 Å². The van der Waals surface area contributed by atoms with Crippen molar-refractivity contribution in [2.45, 2.75) is 6.42 Å². The van der Waals surface area contributed by atoms with Crippen molar-refractivity contribution in [3.63, 3.8) is 0 Å². The van der Waals surface area contributed by atoms with Crippen molar-refractivity contribution >= 4 is 16.6 Å². The van der Waals surface area contributed by atoms with E-state index in [2.05, 4.69) is 4.98 Å². The fraction of sp³-hybridized carbons (Fsp3) is 0.250. The highest BCUT2D eigenvalue weighted by molar-refractivity contribution is 5.87. The van der Waals surface area contributed by atoms with E-state index in [0.717, 1.165) is 0 Å². The molecule has 17 heavy (non-hydrogen) atoms. The predicted molar refractivity (Wildman–Crippen MR) is 64.0 cm³/mol. The Morgan fingerprint density at radius 3 is 2.88 bits per heavy atom. The number of methoxy groups -OCH3 is 1. The lowest BCUT2D eigenvalue weighted by Crippen LogP contribution is -2.00. The third kappa shape index (κ3) is 2.39. The highest BCUT2D eigenvalue weighted by Crippen LogP contribution is 2.25. The van der Waals surface area contributed by atoms with Crippen LogP contribution in [0, 0.1) is 10.1 Å². The summed E-state index contributed by atoms with van der Waals surface area (Å²) in [5.74, 6) is 0. The maximum Gasteiger partial charge on any atom is 0.280 e. The zero-order chi connectivity index (χ0) is 12.3. The van der Waals surface area contributed by atoms with Gasteiger partial charge < -0.3 is 4.74 Å². The standard InChI is InChI=1S/C12H12N2O3/c1-17-7-6-9-8-12(14(15)16)10-4-2-3-5-11(10)13-9/h2-5,8H,6-7H2,1H3. The Morgan fingerprint density at radius 1 is 1.41 bits per heavy atom. The molecule has 0 radical (unpaired) electrons. The summed E-state index contributed by atoms with van der Waals surface area (Å²) in [7, 11) is 1.59. The molecule has 88 valence electrons. The van der Waals surface area contributed by atoms with Gasteiger partial charge in [0.2, 0.25) is 0 Å². The third-order valence-electron chi connectivity index (χ3n) is 2.51. The molecule has 1 heterocycles. The lowest BCUT2D eigenvalue weighted by atomic mass is 10.1. The zero-order valence-corrected chi connectivity index (χ0v) is 9.42. The van der Waals surface area contributed by atoms with Crippen LogP contribution < -0.4 is 0 Å². The normalized spacial score (nSPS) is 10.6. The van der Waals surface area contributed by atoms with Crippen molar-refractivity contribution in [2.24, 2.45) is 0 Å². The molecule has 0 aliphatic heterocycles. The maximum atomic E-state index is 11.0. The van der Waals surface area contributed by atoms with Crippen molar-refractivity contribution < 1.29 is 9.66 Å². The topological polar surface area (TPSA) is 65.3 Å². The highest BCUT2D eigenvalue weighted by atomic mass is 16.6. The van der Waals surface area contributed by atoms with Gasteiger partial charge in [-0.3, -0.25) is 15.1 Å². The van der Waals surface area contributed by atoms with Crippen molar-refractivity contribution in [3.05, 3.63) is 46.1 Å². The molecule has 0 saturated heterocycles. The van der Waals surface area contributed by atoms with Gasteiger partial charge in [-0.05, 0) is 12.1 Å². The summed E-state index contributed by atoms with van der Waals surface area (Å²) in [6, 6.07) is 8.59. The number of ether oxygens (including phenoxy) is 1. The summed E-state index contributed by atoms with van der Waals surface area (Å²) in [5, 5.41) is 11.6. The van der Waals surface area contributed by atoms with Crippen LogP contribution in [0.2, 0.25) is 0 Å². The van der Waals surface area contributed by atoms with Crippen molar-refractivity contribution in [1.82, 2.24) is 4.98 Å². The maximum absolute atomic E-state index is 11.0. The summed E-state index contributed by atoms with van der Waals surface area (Å²) in [4.78, 5) is 15.0. The molecule has 0 aliphatic carbocycles. The molecule has 1 aromatic carbocycles. The number of pyridine rings is 1. The summed E-state index contributed by atoms with van der Waals surface area (Å²) in [6.45, 7) is 0.502. The number of rotatable bonds is 4. The smallest absolute Gasteiger partial charge is 0.280 e. The molecule has 0 fully saturated rings. The molecular weight excluding hydrogens is 220 g/mol. The molecule has 0 atom stereocenters. The van der Waals surface area contributed by atoms with Gasteiger partial charge in [-0.15, -0.1) is 0 Å². The average Bonchev–Trinajstić information content (AvgIpc) is 2.35. The van der Waals surface area contributed by atoms with Crippen LogP contribution in [0.3, 0.4) is 0 Å². The van der Waals surface area contributed by atoms with E-state index in [1.54, 1.807) is 25.3 Å². The van der Waals surface area contributed by atoms with E-state index < -0.39 is 0 Å². The second-order valence-electron chi connectivity index (χ2n) is 3.65. The molecular formula is C12H12N2O3. The van der Waals surface area contributed by atoms with Gasteiger partial charge >= 0.3 is 0 Å². The lowest BCUT2D eigenvalue weighted by molar-refractivity contribution is -0.383. The lowest BCUT2D eigenvalue weighted by Gasteiger charge is -2.03. The van der Waals surface area contributed by atoms with Gasteiger partial charge in [0.05, 0.1) is 28.1 Å². The van der Waals surface area contributed by atoms with Gasteiger partial charge in [0.15, 0.2) is 0 Å². The summed E-state index contributed by atoms with van der Waals surface area (Å²) in [5.41, 5.74) is 1.42. The van der Waals surface area contributed by atoms with E-state index in [-0.39, 0.29) is 10.6 Å². The van der Waals surface area contributed by atoms with Crippen LogP contribution in [-0.4, -0.2) is 23.6 Å². The van der Waals surface area contributed by atoms with Crippen LogP contribution in [0.15, 0.2) is 30.3 Å². The van der Waals surface area contributed by atoms with Crippen LogP contribution in [0.25, 0.3) is 10.9 Å². The van der Waals surface area contributed by atoms with Crippen molar-refractivity contribution in [1.29, 1.82) is 0 Å². The molecule has 0 aliphatic rings. The molecule has 0 spiro atoms. The number of para-hydroxylation sites is 1.